The number of hydrogen-bond acceptors (Lipinski definition) is 3. The first kappa shape index (κ1) is 46.2. The number of benzene rings is 6. The Bertz CT molecular complexity index is 1760. The van der Waals surface area contributed by atoms with Gasteiger partial charge in [-0.2, -0.15) is 0 Å². The third-order valence-electron chi connectivity index (χ3n) is 7.44. The Labute approximate surface area is 358 Å². The van der Waals surface area contributed by atoms with Crippen molar-refractivity contribution in [2.24, 2.45) is 0 Å². The van der Waals surface area contributed by atoms with Crippen molar-refractivity contribution in [3.63, 3.8) is 0 Å². The Morgan fingerprint density at radius 2 is 0.357 bits per heavy atom. The molecule has 6 aromatic rings. The van der Waals surface area contributed by atoms with E-state index in [9.17, 15) is 14.4 Å². The van der Waals surface area contributed by atoms with Gasteiger partial charge in [0, 0.05) is 40.8 Å². The van der Waals surface area contributed by atoms with E-state index in [0.717, 1.165) is 33.4 Å². The summed E-state index contributed by atoms with van der Waals surface area (Å²) in [6.07, 6.45) is 20.4. The molecule has 0 aromatic heterocycles. The van der Waals surface area contributed by atoms with Crippen molar-refractivity contribution >= 4 is 53.8 Å². The summed E-state index contributed by atoms with van der Waals surface area (Å²) >= 11 is 0. The van der Waals surface area contributed by atoms with Crippen LogP contribution in [-0.4, -0.2) is 17.3 Å². The fourth-order valence-corrected chi connectivity index (χ4v) is 4.62. The van der Waals surface area contributed by atoms with Crippen LogP contribution in [0, 0.1) is 0 Å². The maximum absolute atomic E-state index is 11.6. The van der Waals surface area contributed by atoms with E-state index < -0.39 is 0 Å². The van der Waals surface area contributed by atoms with E-state index in [1.54, 1.807) is 36.5 Å². The second-order valence-electron chi connectivity index (χ2n) is 11.7. The largest absolute Gasteiger partial charge is 0.290 e. The molecule has 0 heterocycles. The molecule has 0 aliphatic carbocycles. The third-order valence-corrected chi connectivity index (χ3v) is 7.44. The van der Waals surface area contributed by atoms with Gasteiger partial charge in [0.2, 0.25) is 0 Å². The van der Waals surface area contributed by atoms with Crippen LogP contribution < -0.4 is 0 Å². The molecular weight excluding hydrogens is 873 g/mol. The minimum atomic E-state index is -0.0114. The average Bonchev–Trinajstić information content (AvgIpc) is 3.24. The minimum Gasteiger partial charge on any atom is -0.290 e. The van der Waals surface area contributed by atoms with Gasteiger partial charge in [0.25, 0.3) is 0 Å². The van der Waals surface area contributed by atoms with Gasteiger partial charge in [-0.3, -0.25) is 14.4 Å². The molecule has 56 heavy (non-hydrogen) atoms. The zero-order valence-corrected chi connectivity index (χ0v) is 33.7. The Morgan fingerprint density at radius 1 is 0.232 bits per heavy atom. The van der Waals surface area contributed by atoms with E-state index in [1.807, 2.05) is 218 Å². The normalized spacial score (nSPS) is 10.7. The van der Waals surface area contributed by atoms with Gasteiger partial charge < -0.3 is 0 Å². The molecular formula is C51H42O3Pd2. The van der Waals surface area contributed by atoms with Crippen LogP contribution in [0.5, 0.6) is 0 Å². The molecule has 284 valence electrons. The average molecular weight is 916 g/mol. The molecule has 0 saturated carbocycles. The van der Waals surface area contributed by atoms with Crippen molar-refractivity contribution in [1.29, 1.82) is 0 Å². The number of carbonyl (C=O) groups excluding carboxylic acids is 3. The molecule has 0 fully saturated rings. The Hall–Kier alpha value is -5.91. The van der Waals surface area contributed by atoms with E-state index in [0.29, 0.717) is 0 Å². The fourth-order valence-electron chi connectivity index (χ4n) is 4.62. The summed E-state index contributed by atoms with van der Waals surface area (Å²) in [4.78, 5) is 34.8. The zero-order chi connectivity index (χ0) is 37.9. The standard InChI is InChI=1S/3C17H14O.2Pd/c3*18-17(13-11-15-7-3-1-4-8-15)14-12-16-9-5-2-6-10-16;;/h3*1-14H;;/b13-11+,14-12+;2*13-11-,14-12-;;. The van der Waals surface area contributed by atoms with E-state index in [-0.39, 0.29) is 58.2 Å². The SMILES string of the molecule is O=C(/C=C/c1ccccc1)/C=C/c1ccccc1.O=C(/C=C\c1ccccc1)/C=C\c1ccccc1.O=C(/C=C\c1ccccc1)/C=C\c1ccccc1.[Pd].[Pd]. The number of hydrogen-bond donors (Lipinski definition) is 0. The number of carbonyl (C=O) groups is 3. The second-order valence-corrected chi connectivity index (χ2v) is 11.7. The third kappa shape index (κ3) is 20.5. The van der Waals surface area contributed by atoms with Crippen molar-refractivity contribution in [3.05, 3.63) is 252 Å². The Balaban J connectivity index is 0.000000285. The molecule has 0 saturated heterocycles. The molecule has 0 aliphatic heterocycles. The topological polar surface area (TPSA) is 51.2 Å². The first-order valence-electron chi connectivity index (χ1n) is 17.5. The minimum absolute atomic E-state index is 0. The number of rotatable bonds is 12. The number of allylic oxidation sites excluding steroid dienone is 6. The maximum Gasteiger partial charge on any atom is 0.178 e. The van der Waals surface area contributed by atoms with Gasteiger partial charge in [-0.25, -0.2) is 0 Å². The predicted molar refractivity (Wildman–Crippen MR) is 228 cm³/mol. The van der Waals surface area contributed by atoms with Crippen molar-refractivity contribution in [2.75, 3.05) is 0 Å². The number of ketones is 3. The van der Waals surface area contributed by atoms with E-state index in [4.69, 9.17) is 0 Å². The summed E-state index contributed by atoms with van der Waals surface area (Å²) in [7, 11) is 0. The molecule has 3 nitrogen and oxygen atoms in total. The summed E-state index contributed by atoms with van der Waals surface area (Å²) in [5, 5.41) is 0. The predicted octanol–water partition coefficient (Wildman–Crippen LogP) is 11.9. The molecule has 0 N–H and O–H groups in total. The van der Waals surface area contributed by atoms with Crippen LogP contribution in [0.2, 0.25) is 0 Å². The first-order chi connectivity index (χ1) is 26.5. The van der Waals surface area contributed by atoms with Crippen LogP contribution >= 0.6 is 0 Å². The molecule has 0 amide bonds. The second kappa shape index (κ2) is 28.5. The molecule has 0 radical (unpaired) electrons. The zero-order valence-electron chi connectivity index (χ0n) is 30.6. The van der Waals surface area contributed by atoms with Gasteiger partial charge in [-0.15, -0.1) is 0 Å². The molecule has 0 unspecified atom stereocenters. The molecule has 0 spiro atoms. The van der Waals surface area contributed by atoms with Gasteiger partial charge in [-0.05, 0) is 69.8 Å². The van der Waals surface area contributed by atoms with Crippen LogP contribution in [0.25, 0.3) is 36.5 Å². The maximum atomic E-state index is 11.6. The molecule has 5 heteroatoms. The first-order valence-corrected chi connectivity index (χ1v) is 17.5. The van der Waals surface area contributed by atoms with E-state index in [1.165, 1.54) is 0 Å². The summed E-state index contributed by atoms with van der Waals surface area (Å²) in [5.41, 5.74) is 6.16. The van der Waals surface area contributed by atoms with Crippen molar-refractivity contribution in [3.8, 4) is 0 Å². The summed E-state index contributed by atoms with van der Waals surface area (Å²) in [6, 6.07) is 58.7. The molecule has 6 rings (SSSR count). The van der Waals surface area contributed by atoms with Crippen LogP contribution in [0.3, 0.4) is 0 Å². The van der Waals surface area contributed by atoms with Crippen molar-refractivity contribution < 1.29 is 55.2 Å². The summed E-state index contributed by atoms with van der Waals surface area (Å²) in [5.74, 6) is -0.0341. The monoisotopic (exact) mass is 914 g/mol. The van der Waals surface area contributed by atoms with Crippen molar-refractivity contribution in [1.82, 2.24) is 0 Å². The fraction of sp³-hybridized carbons (Fsp3) is 0. The Morgan fingerprint density at radius 3 is 0.482 bits per heavy atom. The quantitative estimate of drug-likeness (QED) is 0.0908. The smallest absolute Gasteiger partial charge is 0.178 e. The van der Waals surface area contributed by atoms with E-state index in [2.05, 4.69) is 0 Å². The Kier molecular flexibility index (Phi) is 23.6. The van der Waals surface area contributed by atoms with Gasteiger partial charge in [0.05, 0.1) is 0 Å². The van der Waals surface area contributed by atoms with Crippen LogP contribution in [0.4, 0.5) is 0 Å². The van der Waals surface area contributed by atoms with Gasteiger partial charge in [0.15, 0.2) is 17.3 Å². The molecule has 0 atom stereocenters. The summed E-state index contributed by atoms with van der Waals surface area (Å²) < 4.78 is 0. The van der Waals surface area contributed by atoms with Crippen LogP contribution in [0.15, 0.2) is 218 Å². The van der Waals surface area contributed by atoms with E-state index >= 15 is 0 Å². The van der Waals surface area contributed by atoms with Crippen LogP contribution in [0.1, 0.15) is 33.4 Å². The van der Waals surface area contributed by atoms with Crippen LogP contribution in [-0.2, 0) is 55.2 Å². The van der Waals surface area contributed by atoms with Crippen molar-refractivity contribution in [2.45, 2.75) is 0 Å². The molecule has 6 aromatic carbocycles. The molecule has 0 aliphatic rings. The van der Waals surface area contributed by atoms with Gasteiger partial charge in [0.1, 0.15) is 0 Å². The van der Waals surface area contributed by atoms with Gasteiger partial charge in [-0.1, -0.05) is 218 Å². The summed E-state index contributed by atoms with van der Waals surface area (Å²) in [6.45, 7) is 0. The van der Waals surface area contributed by atoms with Gasteiger partial charge >= 0.3 is 0 Å². The molecule has 0 bridgehead atoms.